The molecule has 0 aromatic heterocycles. The van der Waals surface area contributed by atoms with Crippen LogP contribution in [0.4, 0.5) is 0 Å². The van der Waals surface area contributed by atoms with E-state index < -0.39 is 11.9 Å². The van der Waals surface area contributed by atoms with Gasteiger partial charge in [0.2, 0.25) is 0 Å². The van der Waals surface area contributed by atoms with Crippen molar-refractivity contribution in [2.24, 2.45) is 5.92 Å². The van der Waals surface area contributed by atoms with Crippen molar-refractivity contribution in [3.8, 4) is 0 Å². The first-order valence-corrected chi connectivity index (χ1v) is 4.62. The average molecular weight is 209 g/mol. The summed E-state index contributed by atoms with van der Waals surface area (Å²) in [5, 5.41) is 20.8. The Bertz CT molecular complexity index is 202. The molecule has 0 spiro atoms. The van der Waals surface area contributed by atoms with Crippen molar-refractivity contribution in [2.45, 2.75) is 32.7 Å². The fourth-order valence-corrected chi connectivity index (χ4v) is 0.895. The number of carboxylic acid groups (broad SMARTS) is 2. The maximum Gasteiger partial charge on any atom is 1.00 e. The molecule has 15 heavy (non-hydrogen) atoms. The minimum atomic E-state index is -0.991. The third-order valence-electron chi connectivity index (χ3n) is 1.83. The van der Waals surface area contributed by atoms with E-state index >= 15 is 0 Å². The number of aliphatic carboxylic acids is 2. The minimum absolute atomic E-state index is 0. The van der Waals surface area contributed by atoms with Gasteiger partial charge in [-0.25, -0.2) is 0 Å². The molecule has 1 heterocycles. The van der Waals surface area contributed by atoms with Gasteiger partial charge in [0.05, 0.1) is 0 Å². The summed E-state index contributed by atoms with van der Waals surface area (Å²) >= 11 is 0. The van der Waals surface area contributed by atoms with Crippen LogP contribution < -0.4 is 29.3 Å². The normalized spacial score (nSPS) is 18.7. The molecule has 0 saturated carbocycles. The van der Waals surface area contributed by atoms with Crippen molar-refractivity contribution in [3.63, 3.8) is 0 Å². The molecule has 2 N–H and O–H groups in total. The van der Waals surface area contributed by atoms with E-state index in [9.17, 15) is 14.7 Å². The molecule has 6 heteroatoms. The number of rotatable bonds is 2. The minimum Gasteiger partial charge on any atom is -0.550 e. The molecule has 0 radical (unpaired) electrons. The zero-order valence-electron chi connectivity index (χ0n) is 9.45. The van der Waals surface area contributed by atoms with E-state index in [4.69, 9.17) is 5.11 Å². The smallest absolute Gasteiger partial charge is 0.550 e. The van der Waals surface area contributed by atoms with Crippen molar-refractivity contribution in [3.05, 3.63) is 0 Å². The molecule has 5 nitrogen and oxygen atoms in total. The number of hydrogen-bond donors (Lipinski definition) is 2. The second-order valence-corrected chi connectivity index (χ2v) is 3.46. The van der Waals surface area contributed by atoms with E-state index in [2.05, 4.69) is 5.32 Å². The van der Waals surface area contributed by atoms with Crippen molar-refractivity contribution >= 4 is 11.9 Å². The van der Waals surface area contributed by atoms with Crippen LogP contribution in [0.25, 0.3) is 0 Å². The van der Waals surface area contributed by atoms with E-state index in [1.807, 2.05) is 0 Å². The van der Waals surface area contributed by atoms with Gasteiger partial charge in [-0.3, -0.25) is 4.79 Å². The maximum absolute atomic E-state index is 10.1. The molecule has 0 aromatic rings. The van der Waals surface area contributed by atoms with Crippen molar-refractivity contribution in [1.29, 1.82) is 0 Å². The van der Waals surface area contributed by atoms with Crippen LogP contribution in [0.5, 0.6) is 0 Å². The van der Waals surface area contributed by atoms with Crippen LogP contribution in [-0.4, -0.2) is 29.6 Å². The summed E-state index contributed by atoms with van der Waals surface area (Å²) in [6, 6.07) is -0.269. The van der Waals surface area contributed by atoms with Crippen LogP contribution in [0.3, 0.4) is 0 Å². The van der Waals surface area contributed by atoms with Crippen LogP contribution in [-0.2, 0) is 9.59 Å². The van der Waals surface area contributed by atoms with Gasteiger partial charge in [0.25, 0.3) is 0 Å². The van der Waals surface area contributed by atoms with Gasteiger partial charge in [-0.2, -0.15) is 0 Å². The predicted octanol–water partition coefficient (Wildman–Crippen LogP) is -3.78. The van der Waals surface area contributed by atoms with Crippen LogP contribution in [0, 0.1) is 5.92 Å². The van der Waals surface area contributed by atoms with Crippen LogP contribution >= 0.6 is 0 Å². The second kappa shape index (κ2) is 8.78. The van der Waals surface area contributed by atoms with Crippen molar-refractivity contribution < 1.29 is 38.7 Å². The summed E-state index contributed by atoms with van der Waals surface area (Å²) < 4.78 is 0. The van der Waals surface area contributed by atoms with Gasteiger partial charge >= 0.3 is 24.8 Å². The van der Waals surface area contributed by atoms with Gasteiger partial charge in [0, 0.05) is 5.97 Å². The first-order valence-electron chi connectivity index (χ1n) is 4.62. The molecule has 0 aromatic carbocycles. The standard InChI is InChI=1S/C5H9NO2.C4H8O2.Li/c7-5(8)4-2-1-3-6-4;1-3(2)4(5)6;/h4,6H,1-3H2,(H,7,8);3H,1-2H3,(H,5,6);/q;;+1/p-1. The summed E-state index contributed by atoms with van der Waals surface area (Å²) in [6.45, 7) is 4.02. The number of carbonyl (C=O) groups excluding carboxylic acids is 1. The predicted molar refractivity (Wildman–Crippen MR) is 48.5 cm³/mol. The number of hydrogen-bond acceptors (Lipinski definition) is 4. The molecule has 1 rings (SSSR count). The fraction of sp³-hybridized carbons (Fsp3) is 0.778. The van der Waals surface area contributed by atoms with Gasteiger partial charge < -0.3 is 20.3 Å². The summed E-state index contributed by atoms with van der Waals surface area (Å²) in [5.74, 6) is -2.05. The van der Waals surface area contributed by atoms with E-state index in [1.54, 1.807) is 13.8 Å². The second-order valence-electron chi connectivity index (χ2n) is 3.46. The quantitative estimate of drug-likeness (QED) is 0.455. The van der Waals surface area contributed by atoms with Gasteiger partial charge in [0.1, 0.15) is 6.04 Å². The average Bonchev–Trinajstić information content (AvgIpc) is 2.56. The molecular formula is C9H16LiNO4. The van der Waals surface area contributed by atoms with E-state index in [1.165, 1.54) is 0 Å². The Balaban J connectivity index is 0. The molecule has 1 aliphatic heterocycles. The maximum atomic E-state index is 10.1. The Kier molecular flexibility index (Phi) is 9.90. The molecule has 1 atom stereocenters. The fourth-order valence-electron chi connectivity index (χ4n) is 0.895. The van der Waals surface area contributed by atoms with Crippen LogP contribution in [0.15, 0.2) is 0 Å². The zero-order valence-corrected chi connectivity index (χ0v) is 9.45. The third-order valence-corrected chi connectivity index (χ3v) is 1.83. The number of carboxylic acids is 2. The molecule has 1 unspecified atom stereocenters. The largest absolute Gasteiger partial charge is 1.00 e. The SMILES string of the molecule is CC(C)C(=O)[O-].O=C(O)C1CCCN1.[Li+]. The molecule has 82 valence electrons. The summed E-state index contributed by atoms with van der Waals surface area (Å²) in [4.78, 5) is 19.7. The molecule has 1 aliphatic rings. The summed E-state index contributed by atoms with van der Waals surface area (Å²) in [5.41, 5.74) is 0. The van der Waals surface area contributed by atoms with Gasteiger partial charge in [-0.1, -0.05) is 13.8 Å². The Morgan fingerprint density at radius 1 is 1.47 bits per heavy atom. The number of carbonyl (C=O) groups is 2. The molecule has 0 bridgehead atoms. The molecule has 0 amide bonds. The van der Waals surface area contributed by atoms with Crippen LogP contribution in [0.1, 0.15) is 26.7 Å². The third kappa shape index (κ3) is 8.49. The summed E-state index contributed by atoms with van der Waals surface area (Å²) in [7, 11) is 0. The van der Waals surface area contributed by atoms with E-state index in [0.717, 1.165) is 19.4 Å². The Morgan fingerprint density at radius 2 is 1.93 bits per heavy atom. The van der Waals surface area contributed by atoms with E-state index in [-0.39, 0.29) is 30.8 Å². The Hall–Kier alpha value is -0.503. The molecule has 0 aliphatic carbocycles. The Morgan fingerprint density at radius 3 is 2.07 bits per heavy atom. The van der Waals surface area contributed by atoms with E-state index in [0.29, 0.717) is 0 Å². The van der Waals surface area contributed by atoms with Crippen molar-refractivity contribution in [2.75, 3.05) is 6.54 Å². The van der Waals surface area contributed by atoms with Gasteiger partial charge in [-0.05, 0) is 25.3 Å². The topological polar surface area (TPSA) is 89.5 Å². The van der Waals surface area contributed by atoms with Crippen LogP contribution in [0.2, 0.25) is 0 Å². The number of nitrogens with one attached hydrogen (secondary N) is 1. The first-order chi connectivity index (χ1) is 6.45. The van der Waals surface area contributed by atoms with Gasteiger partial charge in [-0.15, -0.1) is 0 Å². The van der Waals surface area contributed by atoms with Crippen molar-refractivity contribution in [1.82, 2.24) is 5.32 Å². The monoisotopic (exact) mass is 209 g/mol. The zero-order chi connectivity index (χ0) is 11.1. The molecule has 1 saturated heterocycles. The first kappa shape index (κ1) is 16.9. The summed E-state index contributed by atoms with van der Waals surface area (Å²) in [6.07, 6.45) is 1.78. The van der Waals surface area contributed by atoms with Gasteiger partial charge in [0.15, 0.2) is 0 Å². The molecule has 1 fully saturated rings. The molecular weight excluding hydrogens is 193 g/mol. The Labute approximate surface area is 101 Å².